The zero-order valence-electron chi connectivity index (χ0n) is 22.8. The standard InChI is InChI=1S/C32H31FN4O3S/c1-36(2)19-20-37(41(39,40)22-23-9-5-3-6-10-23)27-16-14-26(15-17-27)34-31(24-11-7-4-8-12-24)30-28-18-13-25(33)21-29(28)35-32(30)38/h3-18,21,34H,19-20,22H2,1-2H3,(H,35,38)/b31-30-. The summed E-state index contributed by atoms with van der Waals surface area (Å²) in [6, 6.07) is 29.8. The molecule has 5 rings (SSSR count). The second kappa shape index (κ2) is 12.0. The number of nitrogens with one attached hydrogen (secondary N) is 2. The van der Waals surface area contributed by atoms with Gasteiger partial charge in [0.2, 0.25) is 10.0 Å². The van der Waals surface area contributed by atoms with Gasteiger partial charge in [0, 0.05) is 24.3 Å². The van der Waals surface area contributed by atoms with Crippen molar-refractivity contribution < 1.29 is 17.6 Å². The minimum absolute atomic E-state index is 0.110. The summed E-state index contributed by atoms with van der Waals surface area (Å²) in [4.78, 5) is 15.0. The zero-order chi connectivity index (χ0) is 29.0. The number of likely N-dealkylation sites (N-methyl/N-ethyl adjacent to an activating group) is 1. The Labute approximate surface area is 240 Å². The van der Waals surface area contributed by atoms with Crippen LogP contribution in [0.2, 0.25) is 0 Å². The summed E-state index contributed by atoms with van der Waals surface area (Å²) in [5.74, 6) is -0.882. The van der Waals surface area contributed by atoms with Gasteiger partial charge in [0.15, 0.2) is 0 Å². The molecule has 1 heterocycles. The molecule has 0 saturated heterocycles. The van der Waals surface area contributed by atoms with Crippen LogP contribution in [-0.4, -0.2) is 46.4 Å². The highest BCUT2D eigenvalue weighted by Crippen LogP contribution is 2.38. The third-order valence-corrected chi connectivity index (χ3v) is 8.50. The summed E-state index contributed by atoms with van der Waals surface area (Å²) in [7, 11) is 0.137. The quantitative estimate of drug-likeness (QED) is 0.241. The first-order chi connectivity index (χ1) is 19.7. The molecule has 4 aromatic rings. The SMILES string of the molecule is CN(C)CCN(c1ccc(N/C(=C2\C(=O)Nc3cc(F)ccc32)c2ccccc2)cc1)S(=O)(=O)Cc1ccccc1. The smallest absolute Gasteiger partial charge is 0.258 e. The molecule has 0 fully saturated rings. The number of hydrogen-bond acceptors (Lipinski definition) is 5. The van der Waals surface area contributed by atoms with Crippen molar-refractivity contribution >= 4 is 44.3 Å². The van der Waals surface area contributed by atoms with E-state index in [0.29, 0.717) is 47.0 Å². The van der Waals surface area contributed by atoms with Gasteiger partial charge in [-0.1, -0.05) is 60.7 Å². The highest BCUT2D eigenvalue weighted by molar-refractivity contribution is 7.92. The molecule has 0 atom stereocenters. The molecule has 41 heavy (non-hydrogen) atoms. The topological polar surface area (TPSA) is 81.8 Å². The van der Waals surface area contributed by atoms with Gasteiger partial charge in [0.05, 0.1) is 28.4 Å². The lowest BCUT2D eigenvalue weighted by molar-refractivity contribution is -0.110. The molecule has 9 heteroatoms. The number of rotatable bonds is 10. The number of hydrogen-bond donors (Lipinski definition) is 2. The fraction of sp³-hybridized carbons (Fsp3) is 0.156. The van der Waals surface area contributed by atoms with Gasteiger partial charge < -0.3 is 15.5 Å². The number of sulfonamides is 1. The molecule has 7 nitrogen and oxygen atoms in total. The summed E-state index contributed by atoms with van der Waals surface area (Å²) in [6.45, 7) is 0.842. The van der Waals surface area contributed by atoms with Crippen LogP contribution in [0.1, 0.15) is 16.7 Å². The second-order valence-electron chi connectivity index (χ2n) is 10.0. The number of carbonyl (C=O) groups excluding carboxylic acids is 1. The van der Waals surface area contributed by atoms with Crippen molar-refractivity contribution in [2.24, 2.45) is 0 Å². The van der Waals surface area contributed by atoms with Crippen LogP contribution in [0.3, 0.4) is 0 Å². The van der Waals surface area contributed by atoms with Crippen LogP contribution in [-0.2, 0) is 20.6 Å². The molecule has 0 aliphatic carbocycles. The number of carbonyl (C=O) groups is 1. The van der Waals surface area contributed by atoms with Crippen LogP contribution in [0.4, 0.5) is 21.5 Å². The first kappa shape index (κ1) is 28.1. The van der Waals surface area contributed by atoms with Gasteiger partial charge in [0.1, 0.15) is 5.82 Å². The number of anilines is 3. The van der Waals surface area contributed by atoms with E-state index >= 15 is 0 Å². The van der Waals surface area contributed by atoms with Crippen molar-refractivity contribution in [2.75, 3.05) is 42.1 Å². The van der Waals surface area contributed by atoms with Gasteiger partial charge >= 0.3 is 0 Å². The molecule has 0 saturated carbocycles. The lowest BCUT2D eigenvalue weighted by Crippen LogP contribution is -2.37. The largest absolute Gasteiger partial charge is 0.354 e. The van der Waals surface area contributed by atoms with Gasteiger partial charge in [-0.25, -0.2) is 12.8 Å². The Morgan fingerprint density at radius 3 is 2.17 bits per heavy atom. The summed E-state index contributed by atoms with van der Waals surface area (Å²) in [5.41, 5.74) is 4.66. The predicted octanol–water partition coefficient (Wildman–Crippen LogP) is 5.66. The summed E-state index contributed by atoms with van der Waals surface area (Å²) >= 11 is 0. The van der Waals surface area contributed by atoms with E-state index in [4.69, 9.17) is 0 Å². The average molecular weight is 571 g/mol. The second-order valence-corrected chi connectivity index (χ2v) is 11.9. The molecule has 4 aromatic carbocycles. The van der Waals surface area contributed by atoms with Crippen LogP contribution >= 0.6 is 0 Å². The Kier molecular flexibility index (Phi) is 8.19. The molecule has 0 aromatic heterocycles. The van der Waals surface area contributed by atoms with Gasteiger partial charge in [-0.3, -0.25) is 9.10 Å². The van der Waals surface area contributed by atoms with Crippen LogP contribution in [0.5, 0.6) is 0 Å². The maximum atomic E-state index is 13.9. The highest BCUT2D eigenvalue weighted by atomic mass is 32.2. The van der Waals surface area contributed by atoms with E-state index in [1.165, 1.54) is 16.4 Å². The molecule has 0 spiro atoms. The van der Waals surface area contributed by atoms with Crippen molar-refractivity contribution in [1.82, 2.24) is 4.90 Å². The molecule has 1 amide bonds. The summed E-state index contributed by atoms with van der Waals surface area (Å²) in [6.07, 6.45) is 0. The minimum atomic E-state index is -3.67. The molecule has 2 N–H and O–H groups in total. The highest BCUT2D eigenvalue weighted by Gasteiger charge is 2.29. The molecule has 0 radical (unpaired) electrons. The monoisotopic (exact) mass is 570 g/mol. The average Bonchev–Trinajstić information content (AvgIpc) is 3.27. The van der Waals surface area contributed by atoms with Crippen LogP contribution in [0, 0.1) is 5.82 Å². The summed E-state index contributed by atoms with van der Waals surface area (Å²) < 4.78 is 42.4. The number of fused-ring (bicyclic) bond motifs is 1. The van der Waals surface area contributed by atoms with Crippen molar-refractivity contribution in [3.63, 3.8) is 0 Å². The lowest BCUT2D eigenvalue weighted by atomic mass is 10.00. The van der Waals surface area contributed by atoms with Gasteiger partial charge in [-0.2, -0.15) is 0 Å². The van der Waals surface area contributed by atoms with Crippen LogP contribution in [0.25, 0.3) is 11.3 Å². The Hall–Kier alpha value is -4.47. The number of halogens is 1. The molecule has 1 aliphatic rings. The van der Waals surface area contributed by atoms with E-state index in [1.54, 1.807) is 42.5 Å². The van der Waals surface area contributed by atoms with Crippen molar-refractivity contribution in [3.05, 3.63) is 126 Å². The first-order valence-electron chi connectivity index (χ1n) is 13.2. The fourth-order valence-corrected chi connectivity index (χ4v) is 6.29. The zero-order valence-corrected chi connectivity index (χ0v) is 23.7. The van der Waals surface area contributed by atoms with E-state index < -0.39 is 15.8 Å². The predicted molar refractivity (Wildman–Crippen MR) is 163 cm³/mol. The van der Waals surface area contributed by atoms with E-state index in [1.807, 2.05) is 67.5 Å². The van der Waals surface area contributed by atoms with E-state index in [9.17, 15) is 17.6 Å². The maximum Gasteiger partial charge on any atom is 0.258 e. The summed E-state index contributed by atoms with van der Waals surface area (Å²) in [5, 5.41) is 6.12. The normalized spacial score (nSPS) is 14.0. The maximum absolute atomic E-state index is 13.9. The van der Waals surface area contributed by atoms with Crippen molar-refractivity contribution in [3.8, 4) is 0 Å². The molecule has 210 valence electrons. The Bertz CT molecular complexity index is 1670. The number of amides is 1. The number of nitrogens with zero attached hydrogens (tertiary/aromatic N) is 2. The molecule has 1 aliphatic heterocycles. The molecular formula is C32H31FN4O3S. The third kappa shape index (κ3) is 6.48. The van der Waals surface area contributed by atoms with E-state index in [-0.39, 0.29) is 11.7 Å². The number of benzene rings is 4. The van der Waals surface area contributed by atoms with Gasteiger partial charge in [-0.05, 0) is 67.7 Å². The third-order valence-electron chi connectivity index (χ3n) is 6.74. The minimum Gasteiger partial charge on any atom is -0.354 e. The molecule has 0 bridgehead atoms. The van der Waals surface area contributed by atoms with Crippen molar-refractivity contribution in [2.45, 2.75) is 5.75 Å². The fourth-order valence-electron chi connectivity index (χ4n) is 4.71. The first-order valence-corrected chi connectivity index (χ1v) is 14.8. The lowest BCUT2D eigenvalue weighted by Gasteiger charge is -2.26. The van der Waals surface area contributed by atoms with Gasteiger partial charge in [-0.15, -0.1) is 0 Å². The molecule has 0 unspecified atom stereocenters. The van der Waals surface area contributed by atoms with Crippen LogP contribution in [0.15, 0.2) is 103 Å². The van der Waals surface area contributed by atoms with Gasteiger partial charge in [0.25, 0.3) is 5.91 Å². The van der Waals surface area contributed by atoms with Crippen LogP contribution < -0.4 is 14.9 Å². The molecular weight excluding hydrogens is 539 g/mol. The Balaban J connectivity index is 1.49. The Morgan fingerprint density at radius 2 is 1.51 bits per heavy atom. The Morgan fingerprint density at radius 1 is 0.854 bits per heavy atom. The van der Waals surface area contributed by atoms with Crippen molar-refractivity contribution in [1.29, 1.82) is 0 Å². The van der Waals surface area contributed by atoms with E-state index in [0.717, 1.165) is 11.1 Å². The van der Waals surface area contributed by atoms with E-state index in [2.05, 4.69) is 10.6 Å².